The minimum atomic E-state index is -4.76. The van der Waals surface area contributed by atoms with E-state index in [9.17, 15) is 22.4 Å². The van der Waals surface area contributed by atoms with Crippen molar-refractivity contribution in [1.29, 1.82) is 0 Å². The van der Waals surface area contributed by atoms with Gasteiger partial charge in [0, 0.05) is 0 Å². The van der Waals surface area contributed by atoms with Crippen LogP contribution in [0.4, 0.5) is 23.2 Å². The molecule has 0 aliphatic rings. The molecule has 0 aromatic heterocycles. The van der Waals surface area contributed by atoms with E-state index in [4.69, 9.17) is 10.8 Å². The molecule has 3 nitrogen and oxygen atoms in total. The maximum atomic E-state index is 12.9. The third kappa shape index (κ3) is 2.17. The first-order chi connectivity index (χ1) is 6.73. The van der Waals surface area contributed by atoms with E-state index in [-0.39, 0.29) is 6.07 Å². The average molecular weight is 223 g/mol. The van der Waals surface area contributed by atoms with Gasteiger partial charge in [0.25, 0.3) is 0 Å². The van der Waals surface area contributed by atoms with Crippen molar-refractivity contribution in [2.45, 2.75) is 6.18 Å². The van der Waals surface area contributed by atoms with Crippen molar-refractivity contribution in [3.05, 3.63) is 29.1 Å². The molecule has 7 heteroatoms. The zero-order chi connectivity index (χ0) is 11.8. The first-order valence-electron chi connectivity index (χ1n) is 3.63. The number of carboxylic acids is 1. The second-order valence-corrected chi connectivity index (χ2v) is 2.73. The number of benzene rings is 1. The SMILES string of the molecule is Nc1cc(C(F)(F)F)cc(C(=O)O)c1F. The van der Waals surface area contributed by atoms with Gasteiger partial charge in [-0.05, 0) is 12.1 Å². The smallest absolute Gasteiger partial charge is 0.416 e. The molecule has 0 heterocycles. The molecule has 15 heavy (non-hydrogen) atoms. The van der Waals surface area contributed by atoms with Gasteiger partial charge in [-0.15, -0.1) is 0 Å². The van der Waals surface area contributed by atoms with Crippen molar-refractivity contribution < 1.29 is 27.5 Å². The number of nitrogen functional groups attached to an aromatic ring is 1. The van der Waals surface area contributed by atoms with E-state index in [1.165, 1.54) is 0 Å². The predicted molar refractivity (Wildman–Crippen MR) is 42.8 cm³/mol. The van der Waals surface area contributed by atoms with Crippen LogP contribution in [-0.4, -0.2) is 11.1 Å². The standard InChI is InChI=1S/C8H5F4NO2/c9-6-4(7(14)15)1-3(2-5(6)13)8(10,11)12/h1-2H,13H2,(H,14,15). The Kier molecular flexibility index (Phi) is 2.57. The first-order valence-corrected chi connectivity index (χ1v) is 3.63. The number of halogens is 4. The Morgan fingerprint density at radius 2 is 1.87 bits per heavy atom. The lowest BCUT2D eigenvalue weighted by atomic mass is 10.1. The van der Waals surface area contributed by atoms with Gasteiger partial charge in [-0.2, -0.15) is 13.2 Å². The molecule has 0 spiro atoms. The normalized spacial score (nSPS) is 11.5. The highest BCUT2D eigenvalue weighted by Gasteiger charge is 2.33. The van der Waals surface area contributed by atoms with Gasteiger partial charge in [-0.1, -0.05) is 0 Å². The van der Waals surface area contributed by atoms with Gasteiger partial charge >= 0.3 is 12.1 Å². The summed E-state index contributed by atoms with van der Waals surface area (Å²) in [5.74, 6) is -3.17. The van der Waals surface area contributed by atoms with Crippen LogP contribution in [-0.2, 0) is 6.18 Å². The summed E-state index contributed by atoms with van der Waals surface area (Å²) in [4.78, 5) is 10.4. The van der Waals surface area contributed by atoms with Gasteiger partial charge in [0.1, 0.15) is 0 Å². The third-order valence-electron chi connectivity index (χ3n) is 1.66. The average Bonchev–Trinajstić information content (AvgIpc) is 2.06. The Bertz CT molecular complexity index is 414. The molecule has 1 rings (SSSR count). The minimum absolute atomic E-state index is 0.202. The quantitative estimate of drug-likeness (QED) is 0.566. The van der Waals surface area contributed by atoms with Crippen LogP contribution in [0.2, 0.25) is 0 Å². The fourth-order valence-electron chi connectivity index (χ4n) is 0.966. The number of rotatable bonds is 1. The summed E-state index contributed by atoms with van der Waals surface area (Å²) in [7, 11) is 0. The monoisotopic (exact) mass is 223 g/mol. The lowest BCUT2D eigenvalue weighted by Gasteiger charge is -2.09. The van der Waals surface area contributed by atoms with E-state index < -0.39 is 34.8 Å². The summed E-state index contributed by atoms with van der Waals surface area (Å²) in [5, 5.41) is 8.42. The summed E-state index contributed by atoms with van der Waals surface area (Å²) in [6, 6.07) is 0.551. The summed E-state index contributed by atoms with van der Waals surface area (Å²) in [6.07, 6.45) is -4.76. The molecule has 0 fully saturated rings. The lowest BCUT2D eigenvalue weighted by molar-refractivity contribution is -0.137. The van der Waals surface area contributed by atoms with Crippen LogP contribution in [0.15, 0.2) is 12.1 Å². The van der Waals surface area contributed by atoms with Crippen molar-refractivity contribution >= 4 is 11.7 Å². The van der Waals surface area contributed by atoms with Crippen molar-refractivity contribution in [3.8, 4) is 0 Å². The first kappa shape index (κ1) is 11.3. The molecule has 0 saturated carbocycles. The van der Waals surface area contributed by atoms with Gasteiger partial charge in [0.2, 0.25) is 0 Å². The maximum Gasteiger partial charge on any atom is 0.416 e. The topological polar surface area (TPSA) is 63.3 Å². The van der Waals surface area contributed by atoms with E-state index >= 15 is 0 Å². The highest BCUT2D eigenvalue weighted by Crippen LogP contribution is 2.32. The zero-order valence-corrected chi connectivity index (χ0v) is 7.10. The molecule has 0 radical (unpaired) electrons. The summed E-state index contributed by atoms with van der Waals surface area (Å²) < 4.78 is 49.5. The fraction of sp³-hybridized carbons (Fsp3) is 0.125. The van der Waals surface area contributed by atoms with E-state index in [1.54, 1.807) is 0 Å². The Labute approximate surface area is 81.1 Å². The molecule has 0 amide bonds. The highest BCUT2D eigenvalue weighted by atomic mass is 19.4. The van der Waals surface area contributed by atoms with E-state index in [0.29, 0.717) is 6.07 Å². The molecule has 0 unspecified atom stereocenters. The fourth-order valence-corrected chi connectivity index (χ4v) is 0.966. The lowest BCUT2D eigenvalue weighted by Crippen LogP contribution is -2.11. The van der Waals surface area contributed by atoms with Crippen LogP contribution in [0.5, 0.6) is 0 Å². The molecular formula is C8H5F4NO2. The van der Waals surface area contributed by atoms with E-state index in [2.05, 4.69) is 0 Å². The number of hydrogen-bond acceptors (Lipinski definition) is 2. The number of carboxylic acid groups (broad SMARTS) is 1. The van der Waals surface area contributed by atoms with Crippen LogP contribution in [0.25, 0.3) is 0 Å². The molecule has 0 bridgehead atoms. The maximum absolute atomic E-state index is 12.9. The predicted octanol–water partition coefficient (Wildman–Crippen LogP) is 2.12. The van der Waals surface area contributed by atoms with Crippen LogP contribution in [0.3, 0.4) is 0 Å². The van der Waals surface area contributed by atoms with Crippen molar-refractivity contribution in [2.75, 3.05) is 5.73 Å². The third-order valence-corrected chi connectivity index (χ3v) is 1.66. The Morgan fingerprint density at radius 1 is 1.33 bits per heavy atom. The highest BCUT2D eigenvalue weighted by molar-refractivity contribution is 5.89. The van der Waals surface area contributed by atoms with Gasteiger partial charge < -0.3 is 10.8 Å². The molecule has 82 valence electrons. The summed E-state index contributed by atoms with van der Waals surface area (Å²) >= 11 is 0. The number of hydrogen-bond donors (Lipinski definition) is 2. The molecule has 0 aliphatic heterocycles. The van der Waals surface area contributed by atoms with Crippen molar-refractivity contribution in [3.63, 3.8) is 0 Å². The molecule has 0 aliphatic carbocycles. The molecule has 0 saturated heterocycles. The van der Waals surface area contributed by atoms with E-state index in [1.807, 2.05) is 0 Å². The van der Waals surface area contributed by atoms with E-state index in [0.717, 1.165) is 0 Å². The number of anilines is 1. The largest absolute Gasteiger partial charge is 0.478 e. The van der Waals surface area contributed by atoms with Crippen LogP contribution in [0, 0.1) is 5.82 Å². The second-order valence-electron chi connectivity index (χ2n) is 2.73. The number of nitrogens with two attached hydrogens (primary N) is 1. The summed E-state index contributed by atoms with van der Waals surface area (Å²) in [5.41, 5.74) is 1.68. The molecule has 1 aromatic rings. The van der Waals surface area contributed by atoms with Crippen molar-refractivity contribution in [2.24, 2.45) is 0 Å². The van der Waals surface area contributed by atoms with Gasteiger partial charge in [0.05, 0.1) is 16.8 Å². The Morgan fingerprint density at radius 3 is 2.27 bits per heavy atom. The van der Waals surface area contributed by atoms with Gasteiger partial charge in [-0.3, -0.25) is 0 Å². The van der Waals surface area contributed by atoms with Crippen LogP contribution < -0.4 is 5.73 Å². The van der Waals surface area contributed by atoms with Gasteiger partial charge in [-0.25, -0.2) is 9.18 Å². The zero-order valence-electron chi connectivity index (χ0n) is 7.10. The minimum Gasteiger partial charge on any atom is -0.478 e. The number of alkyl halides is 3. The van der Waals surface area contributed by atoms with Gasteiger partial charge in [0.15, 0.2) is 5.82 Å². The Balaban J connectivity index is 3.43. The summed E-state index contributed by atoms with van der Waals surface area (Å²) in [6.45, 7) is 0. The Hall–Kier alpha value is -1.79. The number of carbonyl (C=O) groups is 1. The van der Waals surface area contributed by atoms with Crippen LogP contribution >= 0.6 is 0 Å². The number of aromatic carboxylic acids is 1. The van der Waals surface area contributed by atoms with Crippen molar-refractivity contribution in [1.82, 2.24) is 0 Å². The molecule has 0 atom stereocenters. The second kappa shape index (κ2) is 3.41. The molecule has 3 N–H and O–H groups in total. The molecular weight excluding hydrogens is 218 g/mol. The molecule has 1 aromatic carbocycles. The van der Waals surface area contributed by atoms with Crippen LogP contribution in [0.1, 0.15) is 15.9 Å².